The number of aliphatic carboxylic acids is 1. The standard InChI is InChI=1S/C3H8N3O5P/c4-3(5-1-2(7)8)6-11-12(9)10/h12H,1H2,(H,7,8)(H,9,10)(H3,4,5,6). The fraction of sp³-hybridized carbons (Fsp3) is 0.333. The Labute approximate surface area is 67.9 Å². The lowest BCUT2D eigenvalue weighted by Crippen LogP contribution is -2.38. The molecular weight excluding hydrogens is 189 g/mol. The summed E-state index contributed by atoms with van der Waals surface area (Å²) in [4.78, 5) is 18.0. The summed E-state index contributed by atoms with van der Waals surface area (Å²) in [7, 11) is -3.16. The van der Waals surface area contributed by atoms with Crippen LogP contribution in [0.1, 0.15) is 0 Å². The van der Waals surface area contributed by atoms with Crippen molar-refractivity contribution >= 4 is 20.2 Å². The Balaban J connectivity index is 3.47. The molecule has 9 heteroatoms. The number of guanidine groups is 1. The van der Waals surface area contributed by atoms with Gasteiger partial charge in [-0.15, -0.1) is 0 Å². The van der Waals surface area contributed by atoms with Crippen molar-refractivity contribution in [1.82, 2.24) is 10.8 Å². The summed E-state index contributed by atoms with van der Waals surface area (Å²) in [6.45, 7) is -0.471. The highest BCUT2D eigenvalue weighted by Gasteiger charge is 1.99. The van der Waals surface area contributed by atoms with Crippen LogP contribution in [0, 0.1) is 5.41 Å². The van der Waals surface area contributed by atoms with Crippen LogP contribution in [-0.4, -0.2) is 28.5 Å². The van der Waals surface area contributed by atoms with Gasteiger partial charge in [0.2, 0.25) is 5.96 Å². The number of carbonyl (C=O) groups is 1. The third-order valence-electron chi connectivity index (χ3n) is 0.657. The number of carboxylic acid groups (broad SMARTS) is 1. The van der Waals surface area contributed by atoms with E-state index in [0.29, 0.717) is 0 Å². The Kier molecular flexibility index (Phi) is 5.02. The predicted octanol–water partition coefficient (Wildman–Crippen LogP) is -1.50. The molecule has 0 bridgehead atoms. The lowest BCUT2D eigenvalue weighted by Gasteiger charge is -2.05. The summed E-state index contributed by atoms with van der Waals surface area (Å²) in [5, 5.41) is 17.0. The zero-order valence-corrected chi connectivity index (χ0v) is 6.83. The Morgan fingerprint density at radius 3 is 2.67 bits per heavy atom. The third-order valence-corrected chi connectivity index (χ3v) is 0.933. The molecular formula is C3H8N3O5P. The van der Waals surface area contributed by atoms with Crippen LogP contribution < -0.4 is 10.8 Å². The van der Waals surface area contributed by atoms with Crippen molar-refractivity contribution in [3.05, 3.63) is 0 Å². The van der Waals surface area contributed by atoms with E-state index >= 15 is 0 Å². The number of rotatable bonds is 4. The fourth-order valence-corrected chi connectivity index (χ4v) is 0.484. The Morgan fingerprint density at radius 1 is 1.67 bits per heavy atom. The lowest BCUT2D eigenvalue weighted by molar-refractivity contribution is -0.135. The van der Waals surface area contributed by atoms with Gasteiger partial charge in [0.05, 0.1) is 0 Å². The first-order valence-electron chi connectivity index (χ1n) is 2.72. The quantitative estimate of drug-likeness (QED) is 0.160. The maximum atomic E-state index is 9.91. The highest BCUT2D eigenvalue weighted by molar-refractivity contribution is 7.32. The molecule has 12 heavy (non-hydrogen) atoms. The van der Waals surface area contributed by atoms with Gasteiger partial charge in [-0.3, -0.25) is 14.8 Å². The van der Waals surface area contributed by atoms with Crippen LogP contribution in [0.4, 0.5) is 0 Å². The highest BCUT2D eigenvalue weighted by Crippen LogP contribution is 2.10. The van der Waals surface area contributed by atoms with Crippen LogP contribution in [0.15, 0.2) is 0 Å². The third kappa shape index (κ3) is 7.00. The molecule has 0 spiro atoms. The molecule has 70 valence electrons. The second kappa shape index (κ2) is 5.53. The number of carboxylic acids is 1. The van der Waals surface area contributed by atoms with Crippen molar-refractivity contribution in [2.24, 2.45) is 0 Å². The molecule has 5 N–H and O–H groups in total. The second-order valence-electron chi connectivity index (χ2n) is 1.59. The minimum absolute atomic E-state index is 0.471. The Bertz CT molecular complexity index is 186. The van der Waals surface area contributed by atoms with Crippen LogP contribution in [0.3, 0.4) is 0 Å². The molecule has 0 radical (unpaired) electrons. The summed E-state index contributed by atoms with van der Waals surface area (Å²) >= 11 is 0. The number of hydrogen-bond donors (Lipinski definition) is 5. The minimum atomic E-state index is -3.16. The first-order chi connectivity index (χ1) is 5.52. The number of hydrogen-bond acceptors (Lipinski definition) is 4. The van der Waals surface area contributed by atoms with E-state index in [9.17, 15) is 9.36 Å². The summed E-state index contributed by atoms with van der Waals surface area (Å²) in [5.41, 5.74) is 1.73. The van der Waals surface area contributed by atoms with E-state index < -0.39 is 26.7 Å². The smallest absolute Gasteiger partial charge is 0.337 e. The van der Waals surface area contributed by atoms with Gasteiger partial charge in [0.15, 0.2) is 0 Å². The van der Waals surface area contributed by atoms with E-state index in [2.05, 4.69) is 9.94 Å². The van der Waals surface area contributed by atoms with Gasteiger partial charge in [-0.1, -0.05) is 0 Å². The monoisotopic (exact) mass is 197 g/mol. The van der Waals surface area contributed by atoms with Gasteiger partial charge in [-0.25, -0.2) is 5.48 Å². The van der Waals surface area contributed by atoms with E-state index in [1.165, 1.54) is 0 Å². The number of nitrogens with one attached hydrogen (secondary N) is 3. The van der Waals surface area contributed by atoms with E-state index in [1.807, 2.05) is 0 Å². The molecule has 0 aromatic rings. The van der Waals surface area contributed by atoms with Gasteiger partial charge in [-0.05, 0) is 0 Å². The predicted molar refractivity (Wildman–Crippen MR) is 38.8 cm³/mol. The Morgan fingerprint density at radius 2 is 2.25 bits per heavy atom. The van der Waals surface area contributed by atoms with E-state index in [4.69, 9.17) is 15.4 Å². The lowest BCUT2D eigenvalue weighted by atomic mass is 10.6. The van der Waals surface area contributed by atoms with E-state index in [0.717, 1.165) is 0 Å². The Hall–Kier alpha value is -1.11. The molecule has 0 aliphatic carbocycles. The second-order valence-corrected chi connectivity index (χ2v) is 2.33. The van der Waals surface area contributed by atoms with Crippen LogP contribution >= 0.6 is 8.25 Å². The van der Waals surface area contributed by atoms with E-state index in [-0.39, 0.29) is 0 Å². The molecule has 0 aromatic carbocycles. The summed E-state index contributed by atoms with van der Waals surface area (Å²) in [6, 6.07) is 0. The molecule has 0 saturated heterocycles. The van der Waals surface area contributed by atoms with Crippen molar-refractivity contribution in [1.29, 1.82) is 5.41 Å². The fourth-order valence-electron chi connectivity index (χ4n) is 0.295. The first kappa shape index (κ1) is 10.9. The van der Waals surface area contributed by atoms with Crippen LogP contribution in [0.2, 0.25) is 0 Å². The maximum Gasteiger partial charge on any atom is 0.337 e. The molecule has 8 nitrogen and oxygen atoms in total. The van der Waals surface area contributed by atoms with Crippen molar-refractivity contribution < 1.29 is 24.0 Å². The van der Waals surface area contributed by atoms with Crippen LogP contribution in [-0.2, 0) is 14.0 Å². The number of hydroxylamine groups is 1. The van der Waals surface area contributed by atoms with Crippen molar-refractivity contribution in [3.8, 4) is 0 Å². The van der Waals surface area contributed by atoms with Crippen LogP contribution in [0.25, 0.3) is 0 Å². The van der Waals surface area contributed by atoms with Crippen molar-refractivity contribution in [2.75, 3.05) is 6.54 Å². The zero-order chi connectivity index (χ0) is 9.56. The average Bonchev–Trinajstić information content (AvgIpc) is 1.96. The topological polar surface area (TPSA) is 132 Å². The van der Waals surface area contributed by atoms with Gasteiger partial charge in [-0.2, -0.15) is 4.62 Å². The van der Waals surface area contributed by atoms with Crippen LogP contribution in [0.5, 0.6) is 0 Å². The highest BCUT2D eigenvalue weighted by atomic mass is 31.1. The molecule has 0 amide bonds. The average molecular weight is 197 g/mol. The first-order valence-corrected chi connectivity index (χ1v) is 3.98. The summed E-state index contributed by atoms with van der Waals surface area (Å²) in [5.74, 6) is -1.65. The van der Waals surface area contributed by atoms with Crippen molar-refractivity contribution in [2.45, 2.75) is 0 Å². The normalized spacial score (nSPS) is 11.8. The van der Waals surface area contributed by atoms with Gasteiger partial charge in [0.1, 0.15) is 6.54 Å². The molecule has 1 atom stereocenters. The summed E-state index contributed by atoms with van der Waals surface area (Å²) in [6.07, 6.45) is 0. The minimum Gasteiger partial charge on any atom is -0.480 e. The van der Waals surface area contributed by atoms with Gasteiger partial charge >= 0.3 is 14.2 Å². The van der Waals surface area contributed by atoms with Gasteiger partial charge in [0.25, 0.3) is 0 Å². The molecule has 0 fully saturated rings. The van der Waals surface area contributed by atoms with Gasteiger partial charge in [0, 0.05) is 0 Å². The molecule has 0 saturated carbocycles. The largest absolute Gasteiger partial charge is 0.480 e. The molecule has 1 unspecified atom stereocenters. The zero-order valence-electron chi connectivity index (χ0n) is 5.83. The molecule has 0 rings (SSSR count). The molecule has 0 aliphatic heterocycles. The van der Waals surface area contributed by atoms with Gasteiger partial charge < -0.3 is 15.3 Å². The van der Waals surface area contributed by atoms with Crippen molar-refractivity contribution in [3.63, 3.8) is 0 Å². The maximum absolute atomic E-state index is 9.91. The SMILES string of the molecule is N=C(NCC(=O)O)NO[PH](=O)O. The molecule has 0 heterocycles. The molecule has 0 aliphatic rings. The molecule has 0 aromatic heterocycles. The summed E-state index contributed by atoms with van der Waals surface area (Å²) < 4.78 is 13.8. The van der Waals surface area contributed by atoms with E-state index in [1.54, 1.807) is 5.48 Å².